The fourth-order valence-corrected chi connectivity index (χ4v) is 2.59. The lowest BCUT2D eigenvalue weighted by atomic mass is 9.95. The zero-order chi connectivity index (χ0) is 13.9. The Morgan fingerprint density at radius 2 is 2.20 bits per heavy atom. The monoisotopic (exact) mass is 270 g/mol. The summed E-state index contributed by atoms with van der Waals surface area (Å²) < 4.78 is 5.21. The molecule has 1 N–H and O–H groups in total. The van der Waals surface area contributed by atoms with Crippen molar-refractivity contribution < 1.29 is 9.21 Å². The molecule has 0 radical (unpaired) electrons. The predicted octanol–water partition coefficient (Wildman–Crippen LogP) is 2.79. The van der Waals surface area contributed by atoms with E-state index in [-0.39, 0.29) is 5.91 Å². The maximum atomic E-state index is 12.1. The first-order valence-corrected chi connectivity index (χ1v) is 7.02. The Kier molecular flexibility index (Phi) is 3.54. The lowest BCUT2D eigenvalue weighted by Crippen LogP contribution is -2.23. The highest BCUT2D eigenvalue weighted by atomic mass is 16.3. The van der Waals surface area contributed by atoms with Gasteiger partial charge in [-0.15, -0.1) is 0 Å². The van der Waals surface area contributed by atoms with Crippen LogP contribution in [0.25, 0.3) is 0 Å². The van der Waals surface area contributed by atoms with Crippen molar-refractivity contribution in [2.24, 2.45) is 0 Å². The van der Waals surface area contributed by atoms with Gasteiger partial charge >= 0.3 is 0 Å². The van der Waals surface area contributed by atoms with Crippen molar-refractivity contribution in [1.29, 1.82) is 0 Å². The molecule has 1 aliphatic rings. The molecule has 2 aromatic rings. The molecule has 0 fully saturated rings. The number of nitrogens with one attached hydrogen (secondary N) is 1. The Morgan fingerprint density at radius 3 is 3.00 bits per heavy atom. The number of aryl methyl sites for hydroxylation is 3. The molecule has 0 aliphatic heterocycles. The average Bonchev–Trinajstić information content (AvgIpc) is 2.90. The minimum absolute atomic E-state index is 0.0790. The van der Waals surface area contributed by atoms with Gasteiger partial charge in [0.25, 0.3) is 5.91 Å². The van der Waals surface area contributed by atoms with E-state index in [9.17, 15) is 4.79 Å². The van der Waals surface area contributed by atoms with Gasteiger partial charge in [-0.05, 0) is 50.3 Å². The van der Waals surface area contributed by atoms with E-state index in [0.717, 1.165) is 29.9 Å². The summed E-state index contributed by atoms with van der Waals surface area (Å²) >= 11 is 0. The quantitative estimate of drug-likeness (QED) is 0.933. The second-order valence-electron chi connectivity index (χ2n) is 5.29. The first-order valence-electron chi connectivity index (χ1n) is 7.02. The minimum atomic E-state index is -0.0790. The van der Waals surface area contributed by atoms with Gasteiger partial charge in [0.2, 0.25) is 0 Å². The molecule has 2 aromatic heterocycles. The van der Waals surface area contributed by atoms with Crippen LogP contribution in [-0.4, -0.2) is 10.9 Å². The summed E-state index contributed by atoms with van der Waals surface area (Å²) in [6.45, 7) is 2.37. The zero-order valence-electron chi connectivity index (χ0n) is 11.6. The molecule has 0 saturated carbocycles. The van der Waals surface area contributed by atoms with Gasteiger partial charge in [-0.2, -0.15) is 0 Å². The Labute approximate surface area is 118 Å². The summed E-state index contributed by atoms with van der Waals surface area (Å²) in [7, 11) is 0. The van der Waals surface area contributed by atoms with Crippen molar-refractivity contribution in [1.82, 2.24) is 10.3 Å². The van der Waals surface area contributed by atoms with E-state index in [1.165, 1.54) is 18.4 Å². The number of amides is 1. The summed E-state index contributed by atoms with van der Waals surface area (Å²) in [6, 6.07) is 3.91. The van der Waals surface area contributed by atoms with Crippen molar-refractivity contribution in [2.75, 3.05) is 0 Å². The third kappa shape index (κ3) is 2.74. The highest BCUT2D eigenvalue weighted by molar-refractivity contribution is 5.94. The number of hydrogen-bond donors (Lipinski definition) is 1. The second kappa shape index (κ2) is 5.49. The minimum Gasteiger partial charge on any atom is -0.469 e. The molecule has 0 saturated heterocycles. The van der Waals surface area contributed by atoms with Crippen LogP contribution in [0.1, 0.15) is 45.8 Å². The number of hydrogen-bond acceptors (Lipinski definition) is 3. The van der Waals surface area contributed by atoms with Gasteiger partial charge in [-0.1, -0.05) is 0 Å². The van der Waals surface area contributed by atoms with E-state index in [1.807, 2.05) is 19.1 Å². The number of carbonyl (C=O) groups excluding carboxylic acids is 1. The first kappa shape index (κ1) is 12.9. The lowest BCUT2D eigenvalue weighted by Gasteiger charge is -2.15. The largest absolute Gasteiger partial charge is 0.469 e. The van der Waals surface area contributed by atoms with Crippen LogP contribution in [0.4, 0.5) is 0 Å². The van der Waals surface area contributed by atoms with E-state index < -0.39 is 0 Å². The van der Waals surface area contributed by atoms with Crippen LogP contribution in [0.3, 0.4) is 0 Å². The fourth-order valence-electron chi connectivity index (χ4n) is 2.59. The molecule has 0 atom stereocenters. The molecular formula is C16H18N2O2. The number of rotatable bonds is 3. The van der Waals surface area contributed by atoms with Gasteiger partial charge in [-0.3, -0.25) is 9.78 Å². The molecule has 4 heteroatoms. The summed E-state index contributed by atoms with van der Waals surface area (Å²) in [5.74, 6) is 0.773. The molecule has 3 rings (SSSR count). The number of nitrogens with zero attached hydrogens (tertiary/aromatic N) is 1. The van der Waals surface area contributed by atoms with E-state index in [1.54, 1.807) is 12.5 Å². The van der Waals surface area contributed by atoms with E-state index in [0.29, 0.717) is 12.1 Å². The maximum Gasteiger partial charge on any atom is 0.253 e. The molecule has 0 spiro atoms. The van der Waals surface area contributed by atoms with Gasteiger partial charge in [0.1, 0.15) is 5.76 Å². The van der Waals surface area contributed by atoms with Crippen molar-refractivity contribution in [3.63, 3.8) is 0 Å². The molecule has 2 heterocycles. The van der Waals surface area contributed by atoms with Crippen molar-refractivity contribution in [3.05, 3.63) is 52.7 Å². The molecule has 1 amide bonds. The number of fused-ring (bicyclic) bond motifs is 1. The van der Waals surface area contributed by atoms with Gasteiger partial charge in [-0.25, -0.2) is 0 Å². The molecule has 20 heavy (non-hydrogen) atoms. The van der Waals surface area contributed by atoms with Gasteiger partial charge in [0.05, 0.1) is 11.8 Å². The molecule has 0 aromatic carbocycles. The lowest BCUT2D eigenvalue weighted by molar-refractivity contribution is 0.0950. The average molecular weight is 270 g/mol. The van der Waals surface area contributed by atoms with Crippen molar-refractivity contribution in [3.8, 4) is 0 Å². The molecule has 4 nitrogen and oxygen atoms in total. The van der Waals surface area contributed by atoms with Gasteiger partial charge < -0.3 is 9.73 Å². The second-order valence-corrected chi connectivity index (χ2v) is 5.29. The van der Waals surface area contributed by atoms with Gasteiger partial charge in [0, 0.05) is 24.0 Å². The summed E-state index contributed by atoms with van der Waals surface area (Å²) in [5.41, 5.74) is 3.99. The van der Waals surface area contributed by atoms with Crippen molar-refractivity contribution >= 4 is 5.91 Å². The third-order valence-corrected chi connectivity index (χ3v) is 3.67. The van der Waals surface area contributed by atoms with Gasteiger partial charge in [0.15, 0.2) is 0 Å². The van der Waals surface area contributed by atoms with E-state index in [2.05, 4.69) is 10.3 Å². The molecular weight excluding hydrogens is 252 g/mol. The molecule has 0 bridgehead atoms. The highest BCUT2D eigenvalue weighted by Crippen LogP contribution is 2.20. The Balaban J connectivity index is 1.67. The molecule has 104 valence electrons. The highest BCUT2D eigenvalue weighted by Gasteiger charge is 2.14. The zero-order valence-corrected chi connectivity index (χ0v) is 11.6. The molecule has 1 aliphatic carbocycles. The van der Waals surface area contributed by atoms with Crippen LogP contribution >= 0.6 is 0 Å². The SMILES string of the molecule is Cc1cc(CNC(=O)c2cnc3c(c2)CCCC3)co1. The number of carbonyl (C=O) groups is 1. The van der Waals surface area contributed by atoms with Crippen LogP contribution in [-0.2, 0) is 19.4 Å². The van der Waals surface area contributed by atoms with Crippen LogP contribution in [0.5, 0.6) is 0 Å². The Hall–Kier alpha value is -2.10. The normalized spacial score (nSPS) is 13.8. The van der Waals surface area contributed by atoms with Crippen molar-refractivity contribution in [2.45, 2.75) is 39.2 Å². The number of furan rings is 1. The van der Waals surface area contributed by atoms with E-state index in [4.69, 9.17) is 4.42 Å². The third-order valence-electron chi connectivity index (χ3n) is 3.67. The standard InChI is InChI=1S/C16H18N2O2/c1-11-6-12(10-20-11)8-18-16(19)14-7-13-4-2-3-5-15(13)17-9-14/h6-7,9-10H,2-5,8H2,1H3,(H,18,19). The topological polar surface area (TPSA) is 55.1 Å². The summed E-state index contributed by atoms with van der Waals surface area (Å²) in [4.78, 5) is 16.5. The summed E-state index contributed by atoms with van der Waals surface area (Å²) in [6.07, 6.45) is 7.80. The first-order chi connectivity index (χ1) is 9.72. The number of aromatic nitrogens is 1. The van der Waals surface area contributed by atoms with E-state index >= 15 is 0 Å². The van der Waals surface area contributed by atoms with Crippen LogP contribution in [0.15, 0.2) is 29.0 Å². The van der Waals surface area contributed by atoms with Crippen LogP contribution in [0, 0.1) is 6.92 Å². The Bertz CT molecular complexity index is 631. The molecule has 0 unspecified atom stereocenters. The maximum absolute atomic E-state index is 12.1. The Morgan fingerprint density at radius 1 is 1.35 bits per heavy atom. The smallest absolute Gasteiger partial charge is 0.253 e. The van der Waals surface area contributed by atoms with Crippen LogP contribution < -0.4 is 5.32 Å². The predicted molar refractivity (Wildman–Crippen MR) is 75.5 cm³/mol. The number of pyridine rings is 1. The van der Waals surface area contributed by atoms with Crippen LogP contribution in [0.2, 0.25) is 0 Å². The summed E-state index contributed by atoms with van der Waals surface area (Å²) in [5, 5.41) is 2.90. The fraction of sp³-hybridized carbons (Fsp3) is 0.375.